The molecule has 2 rings (SSSR count). The number of benzene rings is 1. The summed E-state index contributed by atoms with van der Waals surface area (Å²) in [7, 11) is 0. The van der Waals surface area contributed by atoms with Gasteiger partial charge in [0.1, 0.15) is 0 Å². The van der Waals surface area contributed by atoms with E-state index in [0.717, 1.165) is 6.54 Å². The molecule has 1 N–H and O–H groups in total. The standard InChI is InChI=1S/C16H22N2O2/c1-11(9-17-16(2,3)4)10-18-14(19)12-7-5-6-8-13(12)15(18)20/h5-8,11,17H,9-10H2,1-4H3. The number of carbonyl (C=O) groups is 2. The van der Waals surface area contributed by atoms with E-state index < -0.39 is 0 Å². The van der Waals surface area contributed by atoms with Crippen molar-refractivity contribution in [1.29, 1.82) is 0 Å². The van der Waals surface area contributed by atoms with Crippen molar-refractivity contribution in [2.24, 2.45) is 5.92 Å². The van der Waals surface area contributed by atoms with Gasteiger partial charge in [0.2, 0.25) is 0 Å². The fourth-order valence-electron chi connectivity index (χ4n) is 2.26. The summed E-state index contributed by atoms with van der Waals surface area (Å²) < 4.78 is 0. The Balaban J connectivity index is 2.02. The topological polar surface area (TPSA) is 49.4 Å². The Morgan fingerprint density at radius 3 is 2.05 bits per heavy atom. The van der Waals surface area contributed by atoms with Crippen LogP contribution in [0.25, 0.3) is 0 Å². The summed E-state index contributed by atoms with van der Waals surface area (Å²) in [5.41, 5.74) is 1.08. The number of hydrogen-bond acceptors (Lipinski definition) is 3. The third-order valence-corrected chi connectivity index (χ3v) is 3.35. The Hall–Kier alpha value is -1.68. The Labute approximate surface area is 120 Å². The lowest BCUT2D eigenvalue weighted by Crippen LogP contribution is -2.42. The average molecular weight is 274 g/mol. The fourth-order valence-corrected chi connectivity index (χ4v) is 2.26. The minimum Gasteiger partial charge on any atom is -0.312 e. The second-order valence-electron chi connectivity index (χ2n) is 6.50. The van der Waals surface area contributed by atoms with Gasteiger partial charge in [-0.3, -0.25) is 14.5 Å². The number of rotatable bonds is 4. The molecule has 1 heterocycles. The van der Waals surface area contributed by atoms with Crippen molar-refractivity contribution < 1.29 is 9.59 Å². The summed E-state index contributed by atoms with van der Waals surface area (Å²) >= 11 is 0. The van der Waals surface area contributed by atoms with Crippen molar-refractivity contribution in [3.05, 3.63) is 35.4 Å². The second kappa shape index (κ2) is 5.37. The van der Waals surface area contributed by atoms with Crippen LogP contribution in [0.5, 0.6) is 0 Å². The van der Waals surface area contributed by atoms with Crippen molar-refractivity contribution in [3.63, 3.8) is 0 Å². The average Bonchev–Trinajstić information content (AvgIpc) is 2.62. The zero-order valence-corrected chi connectivity index (χ0v) is 12.6. The molecule has 108 valence electrons. The zero-order valence-electron chi connectivity index (χ0n) is 12.6. The van der Waals surface area contributed by atoms with Gasteiger partial charge in [-0.25, -0.2) is 0 Å². The molecule has 1 aliphatic rings. The SMILES string of the molecule is CC(CNC(C)(C)C)CN1C(=O)c2ccccc2C1=O. The molecule has 0 aliphatic carbocycles. The maximum absolute atomic E-state index is 12.2. The number of nitrogens with zero attached hydrogens (tertiary/aromatic N) is 1. The molecule has 1 aliphatic heterocycles. The highest BCUT2D eigenvalue weighted by Crippen LogP contribution is 2.23. The molecule has 0 saturated carbocycles. The van der Waals surface area contributed by atoms with Crippen LogP contribution < -0.4 is 5.32 Å². The van der Waals surface area contributed by atoms with E-state index in [9.17, 15) is 9.59 Å². The van der Waals surface area contributed by atoms with Crippen LogP contribution in [0.2, 0.25) is 0 Å². The third kappa shape index (κ3) is 3.07. The van der Waals surface area contributed by atoms with Gasteiger partial charge in [-0.05, 0) is 45.4 Å². The molecular weight excluding hydrogens is 252 g/mol. The molecule has 4 nitrogen and oxygen atoms in total. The predicted molar refractivity (Wildman–Crippen MR) is 78.7 cm³/mol. The van der Waals surface area contributed by atoms with Gasteiger partial charge in [-0.2, -0.15) is 0 Å². The molecule has 1 unspecified atom stereocenters. The van der Waals surface area contributed by atoms with Gasteiger partial charge in [0.25, 0.3) is 11.8 Å². The lowest BCUT2D eigenvalue weighted by Gasteiger charge is -2.25. The number of carbonyl (C=O) groups excluding carboxylic acids is 2. The van der Waals surface area contributed by atoms with Gasteiger partial charge in [0, 0.05) is 12.1 Å². The number of imide groups is 1. The monoisotopic (exact) mass is 274 g/mol. The molecule has 0 fully saturated rings. The Morgan fingerprint density at radius 1 is 1.10 bits per heavy atom. The first-order valence-corrected chi connectivity index (χ1v) is 7.00. The minimum atomic E-state index is -0.173. The normalized spacial score (nSPS) is 16.5. The van der Waals surface area contributed by atoms with Crippen molar-refractivity contribution in [2.45, 2.75) is 33.2 Å². The van der Waals surface area contributed by atoms with E-state index in [1.165, 1.54) is 4.90 Å². The molecular formula is C16H22N2O2. The van der Waals surface area contributed by atoms with Crippen molar-refractivity contribution in [2.75, 3.05) is 13.1 Å². The van der Waals surface area contributed by atoms with Crippen LogP contribution in [0.4, 0.5) is 0 Å². The number of fused-ring (bicyclic) bond motifs is 1. The maximum Gasteiger partial charge on any atom is 0.261 e. The molecule has 20 heavy (non-hydrogen) atoms. The molecule has 1 aromatic rings. The number of hydrogen-bond donors (Lipinski definition) is 1. The molecule has 2 amide bonds. The zero-order chi connectivity index (χ0) is 14.9. The van der Waals surface area contributed by atoms with Crippen LogP contribution in [0, 0.1) is 5.92 Å². The Kier molecular flexibility index (Phi) is 3.95. The molecule has 4 heteroatoms. The third-order valence-electron chi connectivity index (χ3n) is 3.35. The summed E-state index contributed by atoms with van der Waals surface area (Å²) in [4.78, 5) is 25.8. The predicted octanol–water partition coefficient (Wildman–Crippen LogP) is 2.31. The van der Waals surface area contributed by atoms with Gasteiger partial charge >= 0.3 is 0 Å². The first-order valence-electron chi connectivity index (χ1n) is 7.00. The molecule has 0 saturated heterocycles. The van der Waals surface area contributed by atoms with E-state index in [1.54, 1.807) is 24.3 Å². The summed E-state index contributed by atoms with van der Waals surface area (Å²) in [5, 5.41) is 3.40. The van der Waals surface area contributed by atoms with Crippen LogP contribution in [-0.2, 0) is 0 Å². The van der Waals surface area contributed by atoms with Crippen molar-refractivity contribution in [1.82, 2.24) is 10.2 Å². The van der Waals surface area contributed by atoms with Gasteiger partial charge in [-0.1, -0.05) is 19.1 Å². The molecule has 0 radical (unpaired) electrons. The Morgan fingerprint density at radius 2 is 1.60 bits per heavy atom. The van der Waals surface area contributed by atoms with E-state index in [1.807, 2.05) is 6.92 Å². The summed E-state index contributed by atoms with van der Waals surface area (Å²) in [6.07, 6.45) is 0. The highest BCUT2D eigenvalue weighted by atomic mass is 16.2. The molecule has 0 aromatic heterocycles. The van der Waals surface area contributed by atoms with E-state index >= 15 is 0 Å². The van der Waals surface area contributed by atoms with Crippen LogP contribution in [-0.4, -0.2) is 35.3 Å². The fraction of sp³-hybridized carbons (Fsp3) is 0.500. The van der Waals surface area contributed by atoms with E-state index in [-0.39, 0.29) is 23.3 Å². The summed E-state index contributed by atoms with van der Waals surface area (Å²) in [5.74, 6) is -0.127. The lowest BCUT2D eigenvalue weighted by atomic mass is 10.1. The minimum absolute atomic E-state index is 0.0379. The van der Waals surface area contributed by atoms with Gasteiger partial charge < -0.3 is 5.32 Å². The molecule has 0 bridgehead atoms. The van der Waals surface area contributed by atoms with Gasteiger partial charge in [-0.15, -0.1) is 0 Å². The second-order valence-corrected chi connectivity index (χ2v) is 6.50. The van der Waals surface area contributed by atoms with Crippen molar-refractivity contribution >= 4 is 11.8 Å². The van der Waals surface area contributed by atoms with Crippen LogP contribution in [0.3, 0.4) is 0 Å². The lowest BCUT2D eigenvalue weighted by molar-refractivity contribution is 0.0631. The molecule has 1 aromatic carbocycles. The summed E-state index contributed by atoms with van der Waals surface area (Å²) in [6.45, 7) is 9.57. The Bertz CT molecular complexity index is 497. The highest BCUT2D eigenvalue weighted by Gasteiger charge is 2.35. The first kappa shape index (κ1) is 14.7. The number of amides is 2. The van der Waals surface area contributed by atoms with Gasteiger partial charge in [0.15, 0.2) is 0 Å². The summed E-state index contributed by atoms with van der Waals surface area (Å²) in [6, 6.07) is 7.01. The quantitative estimate of drug-likeness (QED) is 0.857. The van der Waals surface area contributed by atoms with E-state index in [0.29, 0.717) is 17.7 Å². The molecule has 1 atom stereocenters. The van der Waals surface area contributed by atoms with E-state index in [4.69, 9.17) is 0 Å². The largest absolute Gasteiger partial charge is 0.312 e. The highest BCUT2D eigenvalue weighted by molar-refractivity contribution is 6.21. The number of nitrogens with one attached hydrogen (secondary N) is 1. The van der Waals surface area contributed by atoms with Crippen LogP contribution >= 0.6 is 0 Å². The first-order chi connectivity index (χ1) is 9.29. The maximum atomic E-state index is 12.2. The van der Waals surface area contributed by atoms with E-state index in [2.05, 4.69) is 26.1 Å². The van der Waals surface area contributed by atoms with Crippen LogP contribution in [0.15, 0.2) is 24.3 Å². The smallest absolute Gasteiger partial charge is 0.261 e. The van der Waals surface area contributed by atoms with Crippen LogP contribution in [0.1, 0.15) is 48.4 Å². The van der Waals surface area contributed by atoms with Gasteiger partial charge in [0.05, 0.1) is 11.1 Å². The van der Waals surface area contributed by atoms with Crippen molar-refractivity contribution in [3.8, 4) is 0 Å². The molecule has 0 spiro atoms.